The van der Waals surface area contributed by atoms with Crippen LogP contribution in [0, 0.1) is 24.1 Å². The molecule has 2 aromatic carbocycles. The highest BCUT2D eigenvalue weighted by Gasteiger charge is 2.51. The van der Waals surface area contributed by atoms with Crippen molar-refractivity contribution in [1.82, 2.24) is 4.31 Å². The fourth-order valence-electron chi connectivity index (χ4n) is 3.09. The molecule has 1 saturated heterocycles. The van der Waals surface area contributed by atoms with E-state index in [-0.39, 0.29) is 27.8 Å². The SMILES string of the molecule is Cc1ccc(S(=O)(=O)N2CC(Oc3ccc(C#N)c(F)c3)[C@](O)(CO)C2)c(Cl)c1. The molecule has 2 aromatic rings. The fraction of sp³-hybridized carbons (Fsp3) is 0.316. The van der Waals surface area contributed by atoms with Gasteiger partial charge in [0.15, 0.2) is 0 Å². The zero-order valence-corrected chi connectivity index (χ0v) is 16.9. The average Bonchev–Trinajstić information content (AvgIpc) is 2.99. The minimum atomic E-state index is -4.08. The van der Waals surface area contributed by atoms with Crippen LogP contribution in [0.3, 0.4) is 0 Å². The van der Waals surface area contributed by atoms with Crippen molar-refractivity contribution in [2.24, 2.45) is 0 Å². The summed E-state index contributed by atoms with van der Waals surface area (Å²) in [7, 11) is -4.08. The van der Waals surface area contributed by atoms with E-state index in [9.17, 15) is 23.0 Å². The van der Waals surface area contributed by atoms with Gasteiger partial charge in [-0.2, -0.15) is 9.57 Å². The molecule has 0 aliphatic carbocycles. The zero-order chi connectivity index (χ0) is 21.4. The molecule has 1 aliphatic rings. The van der Waals surface area contributed by atoms with Crippen LogP contribution in [0.1, 0.15) is 11.1 Å². The van der Waals surface area contributed by atoms with Crippen molar-refractivity contribution in [2.75, 3.05) is 19.7 Å². The highest BCUT2D eigenvalue weighted by molar-refractivity contribution is 7.89. The Morgan fingerprint density at radius 2 is 2.10 bits per heavy atom. The Bertz CT molecular complexity index is 1090. The second-order valence-electron chi connectivity index (χ2n) is 6.85. The number of aryl methyl sites for hydroxylation is 1. The van der Waals surface area contributed by atoms with Crippen LogP contribution in [0.15, 0.2) is 41.3 Å². The van der Waals surface area contributed by atoms with Crippen molar-refractivity contribution in [3.05, 3.63) is 58.4 Å². The van der Waals surface area contributed by atoms with E-state index < -0.39 is 40.7 Å². The molecule has 1 heterocycles. The normalized spacial score (nSPS) is 22.4. The number of aliphatic hydroxyl groups is 2. The highest BCUT2D eigenvalue weighted by Crippen LogP contribution is 2.33. The number of sulfonamides is 1. The van der Waals surface area contributed by atoms with Gasteiger partial charge in [0.2, 0.25) is 10.0 Å². The first kappa shape index (κ1) is 21.5. The third kappa shape index (κ3) is 4.08. The standard InChI is InChI=1S/C19H18ClFN2O5S/c1-12-2-5-17(15(20)6-12)29(26,27)23-9-18(19(25,10-23)11-24)28-14-4-3-13(8-22)16(21)7-14/h2-7,18,24-25H,9-11H2,1H3/t18?,19-/m1/s1. The molecule has 0 amide bonds. The van der Waals surface area contributed by atoms with Crippen molar-refractivity contribution < 1.29 is 27.8 Å². The second-order valence-corrected chi connectivity index (χ2v) is 9.17. The molecule has 0 aromatic heterocycles. The lowest BCUT2D eigenvalue weighted by Gasteiger charge is -2.27. The Labute approximate surface area is 172 Å². The number of benzene rings is 2. The van der Waals surface area contributed by atoms with Crippen molar-refractivity contribution in [2.45, 2.75) is 23.5 Å². The van der Waals surface area contributed by atoms with Gasteiger partial charge in [-0.15, -0.1) is 0 Å². The maximum absolute atomic E-state index is 13.8. The minimum Gasteiger partial charge on any atom is -0.486 e. The molecule has 2 atom stereocenters. The monoisotopic (exact) mass is 440 g/mol. The highest BCUT2D eigenvalue weighted by atomic mass is 35.5. The van der Waals surface area contributed by atoms with E-state index in [0.29, 0.717) is 0 Å². The van der Waals surface area contributed by atoms with E-state index in [1.54, 1.807) is 19.1 Å². The Balaban J connectivity index is 1.89. The first-order valence-corrected chi connectivity index (χ1v) is 10.4. The average molecular weight is 441 g/mol. The zero-order valence-electron chi connectivity index (χ0n) is 15.3. The van der Waals surface area contributed by atoms with E-state index in [0.717, 1.165) is 15.9 Å². The number of hydrogen-bond acceptors (Lipinski definition) is 6. The lowest BCUT2D eigenvalue weighted by atomic mass is 10.0. The Kier molecular flexibility index (Phi) is 5.85. The van der Waals surface area contributed by atoms with Gasteiger partial charge in [-0.25, -0.2) is 12.8 Å². The summed E-state index contributed by atoms with van der Waals surface area (Å²) in [6, 6.07) is 9.65. The molecular formula is C19H18ClFN2O5S. The number of ether oxygens (including phenoxy) is 1. The molecule has 7 nitrogen and oxygen atoms in total. The van der Waals surface area contributed by atoms with Crippen LogP contribution >= 0.6 is 11.6 Å². The van der Waals surface area contributed by atoms with Gasteiger partial charge in [0.1, 0.15) is 34.2 Å². The molecule has 1 fully saturated rings. The Morgan fingerprint density at radius 3 is 2.69 bits per heavy atom. The summed E-state index contributed by atoms with van der Waals surface area (Å²) in [6.07, 6.45) is -1.17. The summed E-state index contributed by atoms with van der Waals surface area (Å²) in [4.78, 5) is -0.130. The van der Waals surface area contributed by atoms with Crippen molar-refractivity contribution in [1.29, 1.82) is 5.26 Å². The number of nitriles is 1. The molecule has 154 valence electrons. The maximum atomic E-state index is 13.8. The third-order valence-electron chi connectivity index (χ3n) is 4.74. The van der Waals surface area contributed by atoms with Crippen molar-refractivity contribution in [3.8, 4) is 11.8 Å². The lowest BCUT2D eigenvalue weighted by Crippen LogP contribution is -2.48. The predicted molar refractivity (Wildman–Crippen MR) is 103 cm³/mol. The van der Waals surface area contributed by atoms with Crippen LogP contribution in [0.5, 0.6) is 5.75 Å². The molecule has 0 spiro atoms. The number of halogens is 2. The summed E-state index contributed by atoms with van der Waals surface area (Å²) in [5.41, 5.74) is -1.31. The molecule has 1 aliphatic heterocycles. The van der Waals surface area contributed by atoms with Gasteiger partial charge in [-0.3, -0.25) is 0 Å². The van der Waals surface area contributed by atoms with Crippen LogP contribution < -0.4 is 4.74 Å². The van der Waals surface area contributed by atoms with E-state index in [1.807, 2.05) is 0 Å². The number of hydrogen-bond donors (Lipinski definition) is 2. The van der Waals surface area contributed by atoms with Gasteiger partial charge in [0.05, 0.1) is 23.7 Å². The van der Waals surface area contributed by atoms with Crippen LogP contribution in [-0.4, -0.2) is 54.3 Å². The smallest absolute Gasteiger partial charge is 0.244 e. The molecule has 0 saturated carbocycles. The van der Waals surface area contributed by atoms with Gasteiger partial charge in [-0.05, 0) is 36.8 Å². The summed E-state index contributed by atoms with van der Waals surface area (Å²) < 4.78 is 46.4. The Hall–Kier alpha value is -2.22. The number of nitrogens with zero attached hydrogens (tertiary/aromatic N) is 2. The molecule has 2 N–H and O–H groups in total. The van der Waals surface area contributed by atoms with Crippen LogP contribution in [0.25, 0.3) is 0 Å². The van der Waals surface area contributed by atoms with E-state index in [4.69, 9.17) is 21.6 Å². The molecule has 10 heteroatoms. The lowest BCUT2D eigenvalue weighted by molar-refractivity contribution is -0.0641. The molecule has 29 heavy (non-hydrogen) atoms. The van der Waals surface area contributed by atoms with E-state index in [1.165, 1.54) is 24.3 Å². The second kappa shape index (κ2) is 7.89. The van der Waals surface area contributed by atoms with Gasteiger partial charge in [0.25, 0.3) is 0 Å². The summed E-state index contributed by atoms with van der Waals surface area (Å²) >= 11 is 6.09. The van der Waals surface area contributed by atoms with E-state index in [2.05, 4.69) is 0 Å². The molecule has 1 unspecified atom stereocenters. The number of rotatable bonds is 5. The first-order chi connectivity index (χ1) is 13.6. The topological polar surface area (TPSA) is 111 Å². The Morgan fingerprint density at radius 1 is 1.38 bits per heavy atom. The van der Waals surface area contributed by atoms with Crippen LogP contribution in [0.2, 0.25) is 5.02 Å². The summed E-state index contributed by atoms with van der Waals surface area (Å²) in [5, 5.41) is 29.2. The van der Waals surface area contributed by atoms with Crippen LogP contribution in [0.4, 0.5) is 4.39 Å². The summed E-state index contributed by atoms with van der Waals surface area (Å²) in [6.45, 7) is 0.276. The maximum Gasteiger partial charge on any atom is 0.244 e. The van der Waals surface area contributed by atoms with Gasteiger partial charge >= 0.3 is 0 Å². The quantitative estimate of drug-likeness (QED) is 0.733. The third-order valence-corrected chi connectivity index (χ3v) is 7.03. The minimum absolute atomic E-state index is 0.00834. The first-order valence-electron chi connectivity index (χ1n) is 8.56. The van der Waals surface area contributed by atoms with Crippen molar-refractivity contribution in [3.63, 3.8) is 0 Å². The van der Waals surface area contributed by atoms with Crippen molar-refractivity contribution >= 4 is 21.6 Å². The van der Waals surface area contributed by atoms with Gasteiger partial charge in [-0.1, -0.05) is 17.7 Å². The summed E-state index contributed by atoms with van der Waals surface area (Å²) in [5.74, 6) is -0.822. The number of β-amino-alcohol motifs (C(OH)–C–C–N with tert-alkyl or cyclic N) is 1. The van der Waals surface area contributed by atoms with Crippen LogP contribution in [-0.2, 0) is 10.0 Å². The van der Waals surface area contributed by atoms with Gasteiger partial charge < -0.3 is 14.9 Å². The molecule has 0 bridgehead atoms. The fourth-order valence-corrected chi connectivity index (χ4v) is 5.16. The molecular weight excluding hydrogens is 423 g/mol. The largest absolute Gasteiger partial charge is 0.486 e. The predicted octanol–water partition coefficient (Wildman–Crippen LogP) is 1.83. The molecule has 3 rings (SSSR count). The van der Waals surface area contributed by atoms with Gasteiger partial charge in [0, 0.05) is 12.6 Å². The van der Waals surface area contributed by atoms with E-state index >= 15 is 0 Å². The number of aliphatic hydroxyl groups excluding tert-OH is 1. The molecule has 0 radical (unpaired) electrons.